The van der Waals surface area contributed by atoms with Gasteiger partial charge in [-0.25, -0.2) is 0 Å². The molecule has 98 valence electrons. The van der Waals surface area contributed by atoms with Crippen molar-refractivity contribution in [3.63, 3.8) is 0 Å². The Morgan fingerprint density at radius 2 is 1.89 bits per heavy atom. The Morgan fingerprint density at radius 1 is 1.11 bits per heavy atom. The van der Waals surface area contributed by atoms with Gasteiger partial charge < -0.3 is 5.32 Å². The van der Waals surface area contributed by atoms with Gasteiger partial charge in [-0.05, 0) is 24.3 Å². The second-order valence-corrected chi connectivity index (χ2v) is 3.75. The van der Waals surface area contributed by atoms with E-state index in [2.05, 4.69) is 4.98 Å². The zero-order valence-electron chi connectivity index (χ0n) is 9.61. The third-order valence-electron chi connectivity index (χ3n) is 2.34. The molecule has 0 saturated heterocycles. The summed E-state index contributed by atoms with van der Waals surface area (Å²) in [5.41, 5.74) is 1.32. The van der Waals surface area contributed by atoms with Crippen LogP contribution in [-0.2, 0) is 4.79 Å². The number of anilines is 1. The molecule has 1 amide bonds. The molecule has 1 N–H and O–H groups in total. The fraction of sp³-hybridized carbons (Fsp3) is 0.0769. The molecule has 0 atom stereocenters. The lowest BCUT2D eigenvalue weighted by atomic mass is 10.1. The highest BCUT2D eigenvalue weighted by molar-refractivity contribution is 5.95. The average Bonchev–Trinajstić information content (AvgIpc) is 2.39. The molecule has 1 aromatic heterocycles. The number of benzene rings is 1. The smallest absolute Gasteiger partial charge is 0.318 e. The number of hydrogen-bond acceptors (Lipinski definition) is 2. The number of alkyl halides is 3. The molecule has 0 radical (unpaired) electrons. The molecule has 0 aliphatic rings. The molecule has 0 saturated carbocycles. The number of amides is 1. The Morgan fingerprint density at radius 3 is 2.53 bits per heavy atom. The van der Waals surface area contributed by atoms with Crippen LogP contribution in [0.5, 0.6) is 0 Å². The number of aromatic nitrogens is 1. The predicted octanol–water partition coefficient (Wildman–Crippen LogP) is 3.25. The molecule has 1 aromatic carbocycles. The number of pyridine rings is 1. The molecule has 0 spiro atoms. The van der Waals surface area contributed by atoms with Crippen LogP contribution in [0.3, 0.4) is 0 Å². The molecular formula is C13H9F3N2O. The van der Waals surface area contributed by atoms with E-state index in [1.165, 1.54) is 12.1 Å². The van der Waals surface area contributed by atoms with Crippen molar-refractivity contribution in [1.82, 2.24) is 4.98 Å². The van der Waals surface area contributed by atoms with E-state index in [-0.39, 0.29) is 5.69 Å². The van der Waals surface area contributed by atoms with E-state index in [4.69, 9.17) is 0 Å². The van der Waals surface area contributed by atoms with Crippen LogP contribution in [0.4, 0.5) is 18.9 Å². The summed E-state index contributed by atoms with van der Waals surface area (Å²) in [5, 5.41) is 1.80. The predicted molar refractivity (Wildman–Crippen MR) is 64.4 cm³/mol. The van der Waals surface area contributed by atoms with Crippen molar-refractivity contribution in [2.24, 2.45) is 0 Å². The number of carbonyl (C=O) groups is 1. The maximum atomic E-state index is 12.1. The van der Waals surface area contributed by atoms with Crippen LogP contribution in [0.2, 0.25) is 0 Å². The van der Waals surface area contributed by atoms with Crippen molar-refractivity contribution in [1.29, 1.82) is 0 Å². The van der Waals surface area contributed by atoms with E-state index in [0.717, 1.165) is 0 Å². The van der Waals surface area contributed by atoms with E-state index in [1.807, 2.05) is 0 Å². The van der Waals surface area contributed by atoms with Crippen molar-refractivity contribution < 1.29 is 18.0 Å². The number of carbonyl (C=O) groups excluding carboxylic acids is 1. The van der Waals surface area contributed by atoms with E-state index in [0.29, 0.717) is 11.3 Å². The quantitative estimate of drug-likeness (QED) is 0.906. The maximum absolute atomic E-state index is 12.1. The molecule has 0 bridgehead atoms. The van der Waals surface area contributed by atoms with Crippen LogP contribution in [0.15, 0.2) is 48.7 Å². The maximum Gasteiger partial charge on any atom is 0.471 e. The second kappa shape index (κ2) is 5.09. The van der Waals surface area contributed by atoms with Crippen molar-refractivity contribution >= 4 is 11.6 Å². The lowest BCUT2D eigenvalue weighted by Crippen LogP contribution is -2.29. The molecule has 1 heterocycles. The van der Waals surface area contributed by atoms with Gasteiger partial charge in [0.25, 0.3) is 0 Å². The minimum atomic E-state index is -4.90. The molecule has 0 aliphatic heterocycles. The number of halogens is 3. The van der Waals surface area contributed by atoms with Crippen LogP contribution in [0.1, 0.15) is 0 Å². The van der Waals surface area contributed by atoms with Crippen LogP contribution < -0.4 is 5.32 Å². The van der Waals surface area contributed by atoms with Gasteiger partial charge in [0.2, 0.25) is 0 Å². The van der Waals surface area contributed by atoms with Gasteiger partial charge >= 0.3 is 12.1 Å². The molecule has 0 aliphatic carbocycles. The van der Waals surface area contributed by atoms with Gasteiger partial charge in [0.1, 0.15) is 0 Å². The molecule has 0 unspecified atom stereocenters. The fourth-order valence-corrected chi connectivity index (χ4v) is 1.49. The van der Waals surface area contributed by atoms with Crippen molar-refractivity contribution in [2.75, 3.05) is 5.32 Å². The SMILES string of the molecule is O=C(Nc1cccc(-c2ccccn2)c1)C(F)(F)F. The Hall–Kier alpha value is -2.37. The zero-order valence-corrected chi connectivity index (χ0v) is 9.61. The lowest BCUT2D eigenvalue weighted by Gasteiger charge is -2.09. The highest BCUT2D eigenvalue weighted by atomic mass is 19.4. The lowest BCUT2D eigenvalue weighted by molar-refractivity contribution is -0.167. The first-order valence-electron chi connectivity index (χ1n) is 5.36. The molecule has 6 heteroatoms. The fourth-order valence-electron chi connectivity index (χ4n) is 1.49. The van der Waals surface area contributed by atoms with Gasteiger partial charge in [-0.3, -0.25) is 9.78 Å². The molecule has 0 fully saturated rings. The Labute approximate surface area is 107 Å². The van der Waals surface area contributed by atoms with Crippen LogP contribution >= 0.6 is 0 Å². The molecular weight excluding hydrogens is 257 g/mol. The molecule has 19 heavy (non-hydrogen) atoms. The number of rotatable bonds is 2. The summed E-state index contributed by atoms with van der Waals surface area (Å²) in [6.45, 7) is 0. The van der Waals surface area contributed by atoms with Gasteiger partial charge in [0.05, 0.1) is 5.69 Å². The summed E-state index contributed by atoms with van der Waals surface area (Å²) in [4.78, 5) is 14.9. The van der Waals surface area contributed by atoms with Gasteiger partial charge in [0, 0.05) is 17.4 Å². The highest BCUT2D eigenvalue weighted by Gasteiger charge is 2.38. The van der Waals surface area contributed by atoms with Crippen molar-refractivity contribution in [3.05, 3.63) is 48.7 Å². The summed E-state index contributed by atoms with van der Waals surface area (Å²) < 4.78 is 36.4. The standard InChI is InChI=1S/C13H9F3N2O/c14-13(15,16)12(19)18-10-5-3-4-9(8-10)11-6-1-2-7-17-11/h1-8H,(H,18,19). The third kappa shape index (κ3) is 3.31. The van der Waals surface area contributed by atoms with Crippen molar-refractivity contribution in [3.8, 4) is 11.3 Å². The number of nitrogens with one attached hydrogen (secondary N) is 1. The van der Waals surface area contributed by atoms with E-state index < -0.39 is 12.1 Å². The van der Waals surface area contributed by atoms with Gasteiger partial charge in [-0.1, -0.05) is 18.2 Å². The van der Waals surface area contributed by atoms with Crippen LogP contribution in [-0.4, -0.2) is 17.1 Å². The Balaban J connectivity index is 2.24. The number of hydrogen-bond donors (Lipinski definition) is 1. The largest absolute Gasteiger partial charge is 0.471 e. The monoisotopic (exact) mass is 266 g/mol. The first kappa shape index (κ1) is 13.1. The first-order chi connectivity index (χ1) is 8.97. The summed E-state index contributed by atoms with van der Waals surface area (Å²) in [7, 11) is 0. The normalized spacial score (nSPS) is 11.1. The van der Waals surface area contributed by atoms with Crippen molar-refractivity contribution in [2.45, 2.75) is 6.18 Å². The highest BCUT2D eigenvalue weighted by Crippen LogP contribution is 2.22. The van der Waals surface area contributed by atoms with Crippen LogP contribution in [0.25, 0.3) is 11.3 Å². The molecule has 2 rings (SSSR count). The van der Waals surface area contributed by atoms with E-state index >= 15 is 0 Å². The van der Waals surface area contributed by atoms with Crippen LogP contribution in [0, 0.1) is 0 Å². The Bertz CT molecular complexity index is 582. The molecule has 3 nitrogen and oxygen atoms in total. The topological polar surface area (TPSA) is 42.0 Å². The summed E-state index contributed by atoms with van der Waals surface area (Å²) in [5.74, 6) is -1.99. The van der Waals surface area contributed by atoms with Gasteiger partial charge in [-0.15, -0.1) is 0 Å². The third-order valence-corrected chi connectivity index (χ3v) is 2.34. The summed E-state index contributed by atoms with van der Waals surface area (Å²) in [6, 6.07) is 11.3. The minimum absolute atomic E-state index is 0.0745. The van der Waals surface area contributed by atoms with E-state index in [9.17, 15) is 18.0 Å². The van der Waals surface area contributed by atoms with E-state index in [1.54, 1.807) is 41.8 Å². The average molecular weight is 266 g/mol. The number of nitrogens with zero attached hydrogens (tertiary/aromatic N) is 1. The zero-order chi connectivity index (χ0) is 13.9. The first-order valence-corrected chi connectivity index (χ1v) is 5.36. The van der Waals surface area contributed by atoms with Gasteiger partial charge in [-0.2, -0.15) is 13.2 Å². The Kier molecular flexibility index (Phi) is 3.50. The molecule has 2 aromatic rings. The second-order valence-electron chi connectivity index (χ2n) is 3.75. The minimum Gasteiger partial charge on any atom is -0.318 e. The summed E-state index contributed by atoms with van der Waals surface area (Å²) >= 11 is 0. The van der Waals surface area contributed by atoms with Gasteiger partial charge in [0.15, 0.2) is 0 Å². The summed E-state index contributed by atoms with van der Waals surface area (Å²) in [6.07, 6.45) is -3.32.